The number of aromatic amines is 1. The number of para-hydroxylation sites is 1. The zero-order valence-electron chi connectivity index (χ0n) is 11.6. The normalized spacial score (nSPS) is 11.9. The molecule has 3 aromatic rings. The molecule has 0 atom stereocenters. The van der Waals surface area contributed by atoms with Crippen LogP contribution in [0.4, 0.5) is 0 Å². The van der Waals surface area contributed by atoms with Gasteiger partial charge in [0, 0.05) is 11.9 Å². The number of aryl methyl sites for hydroxylation is 1. The van der Waals surface area contributed by atoms with Gasteiger partial charge in [-0.1, -0.05) is 18.2 Å². The van der Waals surface area contributed by atoms with Gasteiger partial charge < -0.3 is 4.98 Å². The summed E-state index contributed by atoms with van der Waals surface area (Å²) in [5.74, 6) is 0. The molecule has 3 rings (SSSR count). The van der Waals surface area contributed by atoms with E-state index in [1.165, 1.54) is 6.26 Å². The lowest BCUT2D eigenvalue weighted by Gasteiger charge is -2.06. The van der Waals surface area contributed by atoms with Crippen molar-refractivity contribution in [2.45, 2.75) is 11.8 Å². The number of nitrogens with one attached hydrogen (secondary N) is 1. The Morgan fingerprint density at radius 1 is 1.14 bits per heavy atom. The number of imidazole rings is 1. The fourth-order valence-electron chi connectivity index (χ4n) is 2.44. The molecule has 0 saturated heterocycles. The molecule has 2 aromatic carbocycles. The molecule has 0 amide bonds. The van der Waals surface area contributed by atoms with Crippen LogP contribution >= 0.6 is 12.2 Å². The Bertz CT molecular complexity index is 998. The molecule has 0 unspecified atom stereocenters. The summed E-state index contributed by atoms with van der Waals surface area (Å²) in [6, 6.07) is 13.1. The summed E-state index contributed by atoms with van der Waals surface area (Å²) in [5, 5.41) is 0. The lowest BCUT2D eigenvalue weighted by atomic mass is 10.2. The first-order chi connectivity index (χ1) is 9.88. The van der Waals surface area contributed by atoms with Gasteiger partial charge in [-0.05, 0) is 49.0 Å². The van der Waals surface area contributed by atoms with E-state index in [0.717, 1.165) is 16.8 Å². The minimum absolute atomic E-state index is 0.262. The van der Waals surface area contributed by atoms with Crippen molar-refractivity contribution in [3.63, 3.8) is 0 Å². The maximum Gasteiger partial charge on any atom is 0.182 e. The van der Waals surface area contributed by atoms with Gasteiger partial charge in [0.25, 0.3) is 0 Å². The van der Waals surface area contributed by atoms with Crippen LogP contribution in [0.1, 0.15) is 5.56 Å². The molecule has 0 fully saturated rings. The topological polar surface area (TPSA) is 54.9 Å². The van der Waals surface area contributed by atoms with Crippen LogP contribution in [0.2, 0.25) is 0 Å². The van der Waals surface area contributed by atoms with Gasteiger partial charge in [0.1, 0.15) is 0 Å². The average Bonchev–Trinajstić information content (AvgIpc) is 2.73. The molecular formula is C15H14N2O2S2. The van der Waals surface area contributed by atoms with Gasteiger partial charge >= 0.3 is 0 Å². The summed E-state index contributed by atoms with van der Waals surface area (Å²) in [6.07, 6.45) is 1.20. The number of H-pyrrole nitrogens is 1. The number of benzene rings is 2. The number of hydrogen-bond donors (Lipinski definition) is 1. The summed E-state index contributed by atoms with van der Waals surface area (Å²) in [6.45, 7) is 2.00. The Hall–Kier alpha value is -1.92. The summed E-state index contributed by atoms with van der Waals surface area (Å²) in [5.41, 5.74) is 3.33. The maximum absolute atomic E-state index is 11.9. The molecule has 1 heterocycles. The Labute approximate surface area is 128 Å². The van der Waals surface area contributed by atoms with Crippen molar-refractivity contribution in [3.05, 3.63) is 52.8 Å². The first kappa shape index (κ1) is 14.0. The summed E-state index contributed by atoms with van der Waals surface area (Å²) in [7, 11) is -3.31. The van der Waals surface area contributed by atoms with Crippen LogP contribution in [0.5, 0.6) is 0 Å². The molecule has 0 spiro atoms. The minimum atomic E-state index is -3.31. The third-order valence-electron chi connectivity index (χ3n) is 3.34. The van der Waals surface area contributed by atoms with E-state index in [1.807, 2.05) is 41.8 Å². The Kier molecular flexibility index (Phi) is 3.22. The van der Waals surface area contributed by atoms with Crippen LogP contribution in [0.25, 0.3) is 16.7 Å². The molecular weight excluding hydrogens is 304 g/mol. The van der Waals surface area contributed by atoms with Crippen LogP contribution < -0.4 is 0 Å². The molecule has 4 nitrogen and oxygen atoms in total. The van der Waals surface area contributed by atoms with Crippen molar-refractivity contribution in [1.82, 2.24) is 9.55 Å². The van der Waals surface area contributed by atoms with Crippen molar-refractivity contribution >= 4 is 33.1 Å². The Balaban J connectivity index is 2.42. The van der Waals surface area contributed by atoms with E-state index in [1.54, 1.807) is 12.1 Å². The monoisotopic (exact) mass is 318 g/mol. The number of sulfone groups is 1. The molecule has 6 heteroatoms. The summed E-state index contributed by atoms with van der Waals surface area (Å²) >= 11 is 5.37. The second-order valence-electron chi connectivity index (χ2n) is 5.03. The molecule has 21 heavy (non-hydrogen) atoms. The van der Waals surface area contributed by atoms with E-state index >= 15 is 0 Å². The van der Waals surface area contributed by atoms with Crippen molar-refractivity contribution < 1.29 is 8.42 Å². The number of fused-ring (bicyclic) bond motifs is 1. The lowest BCUT2D eigenvalue weighted by molar-refractivity contribution is 0.602. The van der Waals surface area contributed by atoms with Gasteiger partial charge in [0.2, 0.25) is 0 Å². The van der Waals surface area contributed by atoms with Crippen LogP contribution in [0, 0.1) is 11.7 Å². The van der Waals surface area contributed by atoms with Gasteiger partial charge in [0.15, 0.2) is 14.6 Å². The average molecular weight is 318 g/mol. The minimum Gasteiger partial charge on any atom is -0.329 e. The van der Waals surface area contributed by atoms with Gasteiger partial charge in [-0.15, -0.1) is 0 Å². The van der Waals surface area contributed by atoms with Crippen molar-refractivity contribution in [2.24, 2.45) is 0 Å². The van der Waals surface area contributed by atoms with Crippen LogP contribution in [0.3, 0.4) is 0 Å². The largest absolute Gasteiger partial charge is 0.329 e. The highest BCUT2D eigenvalue weighted by molar-refractivity contribution is 7.91. The zero-order valence-corrected chi connectivity index (χ0v) is 13.3. The highest BCUT2D eigenvalue weighted by atomic mass is 32.2. The highest BCUT2D eigenvalue weighted by Crippen LogP contribution is 2.25. The number of hydrogen-bond acceptors (Lipinski definition) is 3. The first-order valence-corrected chi connectivity index (χ1v) is 8.69. The standard InChI is InChI=1S/C15H14N2O2S2/c1-10-5-3-6-11(9-10)17-12-7-4-8-13(21(2,18)19)14(12)16-15(17)20/h3-9H,1-2H3,(H,16,20). The summed E-state index contributed by atoms with van der Waals surface area (Å²) < 4.78 is 26.1. The molecule has 1 aromatic heterocycles. The maximum atomic E-state index is 11.9. The fourth-order valence-corrected chi connectivity index (χ4v) is 3.59. The van der Waals surface area contributed by atoms with Crippen molar-refractivity contribution in [1.29, 1.82) is 0 Å². The number of aromatic nitrogens is 2. The van der Waals surface area contributed by atoms with Crippen molar-refractivity contribution in [3.8, 4) is 5.69 Å². The third kappa shape index (κ3) is 2.41. The smallest absolute Gasteiger partial charge is 0.182 e. The molecule has 0 aliphatic carbocycles. The molecule has 0 aliphatic heterocycles. The van der Waals surface area contributed by atoms with E-state index in [2.05, 4.69) is 4.98 Å². The molecule has 108 valence electrons. The second-order valence-corrected chi connectivity index (χ2v) is 7.40. The molecule has 0 aliphatic rings. The first-order valence-electron chi connectivity index (χ1n) is 6.39. The van der Waals surface area contributed by atoms with E-state index in [0.29, 0.717) is 10.3 Å². The van der Waals surface area contributed by atoms with Gasteiger partial charge in [-0.25, -0.2) is 8.42 Å². The Morgan fingerprint density at radius 2 is 1.86 bits per heavy atom. The predicted octanol–water partition coefficient (Wildman–Crippen LogP) is 3.40. The van der Waals surface area contributed by atoms with Crippen LogP contribution in [-0.4, -0.2) is 24.2 Å². The number of rotatable bonds is 2. The SMILES string of the molecule is Cc1cccc(-n2c(=S)[nH]c3c(S(C)(=O)=O)cccc32)c1. The molecule has 0 saturated carbocycles. The van der Waals surface area contributed by atoms with Gasteiger partial charge in [0.05, 0.1) is 15.9 Å². The molecule has 1 N–H and O–H groups in total. The van der Waals surface area contributed by atoms with E-state index in [9.17, 15) is 8.42 Å². The molecule has 0 radical (unpaired) electrons. The second kappa shape index (κ2) is 4.82. The fraction of sp³-hybridized carbons (Fsp3) is 0.133. The van der Waals surface area contributed by atoms with Crippen LogP contribution in [-0.2, 0) is 9.84 Å². The van der Waals surface area contributed by atoms with Gasteiger partial charge in [-0.2, -0.15) is 0 Å². The lowest BCUT2D eigenvalue weighted by Crippen LogP contribution is -1.98. The number of nitrogens with zero attached hydrogens (tertiary/aromatic N) is 1. The van der Waals surface area contributed by atoms with Crippen molar-refractivity contribution in [2.75, 3.05) is 6.26 Å². The molecule has 0 bridgehead atoms. The Morgan fingerprint density at radius 3 is 2.52 bits per heavy atom. The quantitative estimate of drug-likeness (QED) is 0.737. The van der Waals surface area contributed by atoms with Crippen LogP contribution in [0.15, 0.2) is 47.4 Å². The van der Waals surface area contributed by atoms with E-state index in [-0.39, 0.29) is 4.90 Å². The predicted molar refractivity (Wildman–Crippen MR) is 86.3 cm³/mol. The van der Waals surface area contributed by atoms with E-state index in [4.69, 9.17) is 12.2 Å². The van der Waals surface area contributed by atoms with Gasteiger partial charge in [-0.3, -0.25) is 4.57 Å². The zero-order chi connectivity index (χ0) is 15.2. The highest BCUT2D eigenvalue weighted by Gasteiger charge is 2.16. The third-order valence-corrected chi connectivity index (χ3v) is 4.76. The summed E-state index contributed by atoms with van der Waals surface area (Å²) in [4.78, 5) is 3.28. The van der Waals surface area contributed by atoms with E-state index < -0.39 is 9.84 Å².